The maximum absolute atomic E-state index is 13.0. The van der Waals surface area contributed by atoms with E-state index in [4.69, 9.17) is 18.6 Å². The minimum Gasteiger partial charge on any atom is -0.493 e. The van der Waals surface area contributed by atoms with Gasteiger partial charge in [0.1, 0.15) is 16.7 Å². The molecule has 0 radical (unpaired) electrons. The smallest absolute Gasteiger partial charge is 0.337 e. The number of carbonyl (C=O) groups excluding carboxylic acids is 2. The summed E-state index contributed by atoms with van der Waals surface area (Å²) < 4.78 is 26.8. The number of hydrogen-bond donors (Lipinski definition) is 1. The van der Waals surface area contributed by atoms with Crippen LogP contribution in [-0.4, -0.2) is 40.3 Å². The molecule has 184 valence electrons. The molecular weight excluding hydrogens is 466 g/mol. The molecule has 1 aromatic heterocycles. The third-order valence-corrected chi connectivity index (χ3v) is 5.50. The Labute approximate surface area is 206 Å². The van der Waals surface area contributed by atoms with E-state index in [9.17, 15) is 14.4 Å². The van der Waals surface area contributed by atoms with Gasteiger partial charge >= 0.3 is 5.97 Å². The number of methoxy groups -OCH3 is 4. The first-order valence-electron chi connectivity index (χ1n) is 10.8. The average molecular weight is 489 g/mol. The van der Waals surface area contributed by atoms with Crippen molar-refractivity contribution in [2.24, 2.45) is 0 Å². The summed E-state index contributed by atoms with van der Waals surface area (Å²) in [5, 5.41) is 3.02. The number of anilines is 1. The maximum atomic E-state index is 13.0. The Morgan fingerprint density at radius 2 is 1.50 bits per heavy atom. The van der Waals surface area contributed by atoms with Crippen molar-refractivity contribution in [1.29, 1.82) is 0 Å². The molecule has 1 amide bonds. The summed E-state index contributed by atoms with van der Waals surface area (Å²) in [4.78, 5) is 37.3. The van der Waals surface area contributed by atoms with Crippen LogP contribution in [0.25, 0.3) is 22.3 Å². The summed E-state index contributed by atoms with van der Waals surface area (Å²) in [5.41, 5.74) is 1.69. The van der Waals surface area contributed by atoms with Crippen molar-refractivity contribution in [2.75, 3.05) is 33.8 Å². The number of hydrogen-bond acceptors (Lipinski definition) is 8. The van der Waals surface area contributed by atoms with E-state index in [0.717, 1.165) is 0 Å². The van der Waals surface area contributed by atoms with Gasteiger partial charge in [0, 0.05) is 28.9 Å². The highest BCUT2D eigenvalue weighted by atomic mass is 16.5. The number of nitrogens with one attached hydrogen (secondary N) is 1. The zero-order valence-corrected chi connectivity index (χ0v) is 20.0. The van der Waals surface area contributed by atoms with Crippen LogP contribution in [0.4, 0.5) is 5.69 Å². The van der Waals surface area contributed by atoms with Gasteiger partial charge in [-0.15, -0.1) is 0 Å². The molecule has 0 aliphatic rings. The van der Waals surface area contributed by atoms with Crippen LogP contribution in [0, 0.1) is 0 Å². The average Bonchev–Trinajstić information content (AvgIpc) is 2.91. The molecule has 0 atom stereocenters. The fourth-order valence-corrected chi connectivity index (χ4v) is 3.76. The first kappa shape index (κ1) is 24.3. The Morgan fingerprint density at radius 3 is 2.14 bits per heavy atom. The van der Waals surface area contributed by atoms with Crippen LogP contribution < -0.4 is 25.0 Å². The van der Waals surface area contributed by atoms with Gasteiger partial charge < -0.3 is 28.7 Å². The Bertz CT molecular complexity index is 1510. The number of fused-ring (bicyclic) bond motifs is 1. The molecule has 4 rings (SSSR count). The third-order valence-electron chi connectivity index (χ3n) is 5.50. The number of amides is 1. The van der Waals surface area contributed by atoms with Crippen molar-refractivity contribution in [2.45, 2.75) is 0 Å². The van der Waals surface area contributed by atoms with E-state index in [-0.39, 0.29) is 33.8 Å². The number of esters is 1. The molecule has 1 heterocycles. The molecule has 3 aromatic carbocycles. The number of benzene rings is 3. The lowest BCUT2D eigenvalue weighted by Crippen LogP contribution is -2.12. The molecule has 1 N–H and O–H groups in total. The number of ether oxygens (including phenoxy) is 4. The largest absolute Gasteiger partial charge is 0.493 e. The highest BCUT2D eigenvalue weighted by molar-refractivity contribution is 6.05. The predicted octanol–water partition coefficient (Wildman–Crippen LogP) is 4.52. The lowest BCUT2D eigenvalue weighted by Gasteiger charge is -2.14. The molecule has 0 saturated carbocycles. The monoisotopic (exact) mass is 489 g/mol. The van der Waals surface area contributed by atoms with Gasteiger partial charge in [-0.2, -0.15) is 0 Å². The van der Waals surface area contributed by atoms with Gasteiger partial charge in [-0.3, -0.25) is 9.59 Å². The van der Waals surface area contributed by atoms with Crippen LogP contribution in [0.15, 0.2) is 69.9 Å². The number of rotatable bonds is 7. The molecule has 0 aliphatic carbocycles. The molecule has 36 heavy (non-hydrogen) atoms. The SMILES string of the molecule is COC(=O)c1ccc(C(=O)Nc2cccc(-c3cc(=O)c4c(OC)c(OC)c(OC)cc4o3)c2)cc1. The van der Waals surface area contributed by atoms with E-state index in [0.29, 0.717) is 33.9 Å². The minimum atomic E-state index is -0.486. The Hall–Kier alpha value is -4.79. The van der Waals surface area contributed by atoms with Gasteiger partial charge in [-0.05, 0) is 36.4 Å². The standard InChI is InChI=1S/C27H23NO8/c1-32-22-14-21-23(25(34-3)24(22)33-2)19(29)13-20(36-21)17-6-5-7-18(12-17)28-26(30)15-8-10-16(11-9-15)27(31)35-4/h5-14H,1-4H3,(H,28,30). The summed E-state index contributed by atoms with van der Waals surface area (Å²) in [6, 6.07) is 15.9. The van der Waals surface area contributed by atoms with Crippen LogP contribution in [0.3, 0.4) is 0 Å². The molecule has 9 heteroatoms. The van der Waals surface area contributed by atoms with Crippen molar-refractivity contribution in [1.82, 2.24) is 0 Å². The van der Waals surface area contributed by atoms with Gasteiger partial charge in [-0.1, -0.05) is 12.1 Å². The molecule has 0 unspecified atom stereocenters. The predicted molar refractivity (Wildman–Crippen MR) is 133 cm³/mol. The van der Waals surface area contributed by atoms with Gasteiger partial charge in [0.2, 0.25) is 5.75 Å². The van der Waals surface area contributed by atoms with E-state index in [1.807, 2.05) is 0 Å². The van der Waals surface area contributed by atoms with Crippen LogP contribution in [0.1, 0.15) is 20.7 Å². The topological polar surface area (TPSA) is 113 Å². The van der Waals surface area contributed by atoms with Crippen LogP contribution in [-0.2, 0) is 4.74 Å². The molecule has 0 fully saturated rings. The first-order chi connectivity index (χ1) is 17.4. The second-order valence-electron chi connectivity index (χ2n) is 7.60. The second kappa shape index (κ2) is 10.2. The second-order valence-corrected chi connectivity index (χ2v) is 7.60. The van der Waals surface area contributed by atoms with E-state index >= 15 is 0 Å². The van der Waals surface area contributed by atoms with E-state index in [1.54, 1.807) is 30.3 Å². The highest BCUT2D eigenvalue weighted by Crippen LogP contribution is 2.42. The first-order valence-corrected chi connectivity index (χ1v) is 10.8. The fraction of sp³-hybridized carbons (Fsp3) is 0.148. The normalized spacial score (nSPS) is 10.6. The third kappa shape index (κ3) is 4.58. The molecule has 0 saturated heterocycles. The van der Waals surface area contributed by atoms with Crippen molar-refractivity contribution in [3.05, 3.63) is 82.0 Å². The van der Waals surface area contributed by atoms with Crippen molar-refractivity contribution in [3.8, 4) is 28.6 Å². The van der Waals surface area contributed by atoms with Crippen molar-refractivity contribution >= 4 is 28.5 Å². The van der Waals surface area contributed by atoms with Crippen LogP contribution in [0.2, 0.25) is 0 Å². The fourth-order valence-electron chi connectivity index (χ4n) is 3.76. The van der Waals surface area contributed by atoms with Crippen molar-refractivity contribution in [3.63, 3.8) is 0 Å². The lowest BCUT2D eigenvalue weighted by atomic mass is 10.1. The van der Waals surface area contributed by atoms with E-state index in [1.165, 1.54) is 58.8 Å². The highest BCUT2D eigenvalue weighted by Gasteiger charge is 2.21. The minimum absolute atomic E-state index is 0.214. The van der Waals surface area contributed by atoms with E-state index in [2.05, 4.69) is 10.1 Å². The van der Waals surface area contributed by atoms with Gasteiger partial charge in [-0.25, -0.2) is 4.79 Å². The summed E-state index contributed by atoms with van der Waals surface area (Å²) in [6.07, 6.45) is 0. The molecular formula is C27H23NO8. The van der Waals surface area contributed by atoms with E-state index < -0.39 is 5.97 Å². The Kier molecular flexibility index (Phi) is 6.91. The van der Waals surface area contributed by atoms with Crippen LogP contribution >= 0.6 is 0 Å². The zero-order chi connectivity index (χ0) is 25.8. The Morgan fingerprint density at radius 1 is 0.806 bits per heavy atom. The molecule has 0 spiro atoms. The van der Waals surface area contributed by atoms with Gasteiger partial charge in [0.15, 0.2) is 16.9 Å². The number of carbonyl (C=O) groups is 2. The molecule has 4 aromatic rings. The summed E-state index contributed by atoms with van der Waals surface area (Å²) in [7, 11) is 5.65. The quantitative estimate of drug-likeness (QED) is 0.377. The maximum Gasteiger partial charge on any atom is 0.337 e. The molecule has 9 nitrogen and oxygen atoms in total. The molecule has 0 aliphatic heterocycles. The molecule has 0 bridgehead atoms. The van der Waals surface area contributed by atoms with Gasteiger partial charge in [0.25, 0.3) is 5.91 Å². The van der Waals surface area contributed by atoms with Crippen molar-refractivity contribution < 1.29 is 33.0 Å². The summed E-state index contributed by atoms with van der Waals surface area (Å²) in [6.45, 7) is 0. The van der Waals surface area contributed by atoms with Crippen LogP contribution in [0.5, 0.6) is 17.2 Å². The summed E-state index contributed by atoms with van der Waals surface area (Å²) >= 11 is 0. The Balaban J connectivity index is 1.67. The van der Waals surface area contributed by atoms with Gasteiger partial charge in [0.05, 0.1) is 34.0 Å². The summed E-state index contributed by atoms with van der Waals surface area (Å²) in [5.74, 6) is 0.287. The lowest BCUT2D eigenvalue weighted by molar-refractivity contribution is 0.0600. The zero-order valence-electron chi connectivity index (χ0n) is 20.0.